The zero-order chi connectivity index (χ0) is 17.4. The molecule has 2 aromatic rings. The lowest BCUT2D eigenvalue weighted by Crippen LogP contribution is -2.40. The van der Waals surface area contributed by atoms with Gasteiger partial charge < -0.3 is 14.2 Å². The van der Waals surface area contributed by atoms with Crippen LogP contribution in [-0.2, 0) is 18.3 Å². The van der Waals surface area contributed by atoms with Crippen molar-refractivity contribution in [3.05, 3.63) is 41.5 Å². The maximum absolute atomic E-state index is 12.8. The highest BCUT2D eigenvalue weighted by Crippen LogP contribution is 2.31. The summed E-state index contributed by atoms with van der Waals surface area (Å²) in [5.41, 5.74) is 3.30. The van der Waals surface area contributed by atoms with Crippen molar-refractivity contribution in [3.63, 3.8) is 0 Å². The molecule has 0 bridgehead atoms. The van der Waals surface area contributed by atoms with E-state index in [1.165, 1.54) is 18.5 Å². The Labute approximate surface area is 147 Å². The fraction of sp³-hybridized carbons (Fsp3) is 0.556. The molecule has 1 aliphatic heterocycles. The molecule has 2 aromatic heterocycles. The molecule has 1 unspecified atom stereocenters. The van der Waals surface area contributed by atoms with Gasteiger partial charge in [0.1, 0.15) is 5.69 Å². The van der Waals surface area contributed by atoms with Crippen molar-refractivity contribution in [2.75, 3.05) is 19.8 Å². The maximum Gasteiger partial charge on any atom is 0.274 e. The summed E-state index contributed by atoms with van der Waals surface area (Å²) in [7, 11) is 2.00. The first-order chi connectivity index (χ1) is 12.1. The Balaban J connectivity index is 1.51. The molecule has 7 heteroatoms. The molecular formula is C18H23N5O2. The lowest BCUT2D eigenvalue weighted by atomic mass is 9.98. The van der Waals surface area contributed by atoms with E-state index in [4.69, 9.17) is 4.74 Å². The summed E-state index contributed by atoms with van der Waals surface area (Å²) in [4.78, 5) is 27.5. The summed E-state index contributed by atoms with van der Waals surface area (Å²) in [6.45, 7) is 4.41. The summed E-state index contributed by atoms with van der Waals surface area (Å²) in [6, 6.07) is 0. The number of hydrogen-bond donors (Lipinski definition) is 0. The molecule has 0 radical (unpaired) electrons. The first-order valence-electron chi connectivity index (χ1n) is 8.77. The fourth-order valence-electron chi connectivity index (χ4n) is 3.34. The zero-order valence-corrected chi connectivity index (χ0v) is 14.7. The van der Waals surface area contributed by atoms with Gasteiger partial charge in [-0.15, -0.1) is 0 Å². The highest BCUT2D eigenvalue weighted by atomic mass is 16.5. The van der Waals surface area contributed by atoms with Gasteiger partial charge in [-0.3, -0.25) is 9.78 Å². The third-order valence-corrected chi connectivity index (χ3v) is 4.89. The van der Waals surface area contributed by atoms with Crippen LogP contribution < -0.4 is 0 Å². The minimum Gasteiger partial charge on any atom is -0.380 e. The predicted octanol–water partition coefficient (Wildman–Crippen LogP) is 1.68. The van der Waals surface area contributed by atoms with Crippen LogP contribution in [0.5, 0.6) is 0 Å². The number of aromatic nitrogens is 4. The molecule has 2 aliphatic rings. The van der Waals surface area contributed by atoms with Crippen LogP contribution in [0, 0.1) is 12.8 Å². The average Bonchev–Trinajstić information content (AvgIpc) is 3.36. The van der Waals surface area contributed by atoms with Crippen LogP contribution in [0.4, 0.5) is 0 Å². The van der Waals surface area contributed by atoms with Gasteiger partial charge in [-0.25, -0.2) is 9.97 Å². The van der Waals surface area contributed by atoms with Crippen LogP contribution in [-0.4, -0.2) is 50.1 Å². The van der Waals surface area contributed by atoms with Gasteiger partial charge >= 0.3 is 0 Å². The number of carbonyl (C=O) groups is 1. The molecule has 1 fully saturated rings. The second kappa shape index (κ2) is 6.55. The number of aryl methyl sites for hydroxylation is 2. The normalized spacial score (nSPS) is 19.8. The summed E-state index contributed by atoms with van der Waals surface area (Å²) in [5, 5.41) is 0. The van der Waals surface area contributed by atoms with Gasteiger partial charge in [0, 0.05) is 38.0 Å². The highest BCUT2D eigenvalue weighted by Gasteiger charge is 2.33. The molecule has 1 amide bonds. The van der Waals surface area contributed by atoms with E-state index in [1.807, 2.05) is 24.9 Å². The summed E-state index contributed by atoms with van der Waals surface area (Å²) in [6.07, 6.45) is 7.54. The van der Waals surface area contributed by atoms with Crippen LogP contribution in [0.1, 0.15) is 46.3 Å². The Kier molecular flexibility index (Phi) is 4.25. The van der Waals surface area contributed by atoms with E-state index in [2.05, 4.69) is 15.0 Å². The molecule has 0 N–H and O–H groups in total. The predicted molar refractivity (Wildman–Crippen MR) is 91.0 cm³/mol. The fourth-order valence-corrected chi connectivity index (χ4v) is 3.34. The molecule has 4 rings (SSSR count). The Morgan fingerprint density at radius 2 is 2.08 bits per heavy atom. The summed E-state index contributed by atoms with van der Waals surface area (Å²) in [5.74, 6) is 0.767. The smallest absolute Gasteiger partial charge is 0.274 e. The minimum atomic E-state index is -0.101. The first-order valence-corrected chi connectivity index (χ1v) is 8.77. The average molecular weight is 341 g/mol. The maximum atomic E-state index is 12.8. The van der Waals surface area contributed by atoms with Gasteiger partial charge in [0.25, 0.3) is 5.91 Å². The van der Waals surface area contributed by atoms with Crippen LogP contribution >= 0.6 is 0 Å². The Morgan fingerprint density at radius 1 is 1.24 bits per heavy atom. The van der Waals surface area contributed by atoms with Crippen molar-refractivity contribution in [2.24, 2.45) is 13.0 Å². The van der Waals surface area contributed by atoms with Gasteiger partial charge in [-0.1, -0.05) is 0 Å². The Morgan fingerprint density at radius 3 is 2.80 bits per heavy atom. The van der Waals surface area contributed by atoms with Gasteiger partial charge in [-0.2, -0.15) is 0 Å². The molecule has 7 nitrogen and oxygen atoms in total. The monoisotopic (exact) mass is 341 g/mol. The number of ether oxygens (including phenoxy) is 1. The van der Waals surface area contributed by atoms with Gasteiger partial charge in [0.05, 0.1) is 37.1 Å². The molecule has 25 heavy (non-hydrogen) atoms. The number of imidazole rings is 1. The van der Waals surface area contributed by atoms with E-state index < -0.39 is 0 Å². The topological polar surface area (TPSA) is 73.1 Å². The zero-order valence-electron chi connectivity index (χ0n) is 14.7. The van der Waals surface area contributed by atoms with E-state index >= 15 is 0 Å². The van der Waals surface area contributed by atoms with Crippen LogP contribution in [0.3, 0.4) is 0 Å². The third kappa shape index (κ3) is 3.42. The quantitative estimate of drug-likeness (QED) is 0.827. The molecule has 1 atom stereocenters. The number of rotatable bonds is 5. The Hall–Kier alpha value is -2.28. The van der Waals surface area contributed by atoms with Crippen molar-refractivity contribution in [1.29, 1.82) is 0 Å². The highest BCUT2D eigenvalue weighted by molar-refractivity contribution is 5.92. The lowest BCUT2D eigenvalue weighted by Gasteiger charge is -2.32. The summed E-state index contributed by atoms with van der Waals surface area (Å²) >= 11 is 0. The lowest BCUT2D eigenvalue weighted by molar-refractivity contribution is 0.0613. The van der Waals surface area contributed by atoms with E-state index in [-0.39, 0.29) is 11.8 Å². The molecular weight excluding hydrogens is 318 g/mol. The largest absolute Gasteiger partial charge is 0.380 e. The first kappa shape index (κ1) is 16.2. The van der Waals surface area contributed by atoms with Gasteiger partial charge in [0.2, 0.25) is 0 Å². The third-order valence-electron chi connectivity index (χ3n) is 4.89. The number of carbonyl (C=O) groups excluding carboxylic acids is 1. The molecule has 0 aromatic carbocycles. The van der Waals surface area contributed by atoms with Gasteiger partial charge in [0.15, 0.2) is 0 Å². The van der Waals surface area contributed by atoms with Crippen LogP contribution in [0.25, 0.3) is 0 Å². The molecule has 1 aliphatic carbocycles. The van der Waals surface area contributed by atoms with E-state index in [0.29, 0.717) is 25.4 Å². The standard InChI is InChI=1S/C18H23N5O2/c1-12-5-20-15(6-19-12)18(24)23-7-14(10-25-9-13-3-4-13)17-16(8-23)21-11-22(17)2/h5-6,11,13-14H,3-4,7-10H2,1-2H3. The van der Waals surface area contributed by atoms with Crippen molar-refractivity contribution in [2.45, 2.75) is 32.2 Å². The van der Waals surface area contributed by atoms with Crippen molar-refractivity contribution in [1.82, 2.24) is 24.4 Å². The van der Waals surface area contributed by atoms with E-state index in [1.54, 1.807) is 17.3 Å². The molecule has 132 valence electrons. The number of fused-ring (bicyclic) bond motifs is 1. The van der Waals surface area contributed by atoms with Gasteiger partial charge in [-0.05, 0) is 25.7 Å². The van der Waals surface area contributed by atoms with E-state index in [9.17, 15) is 4.79 Å². The van der Waals surface area contributed by atoms with Crippen molar-refractivity contribution in [3.8, 4) is 0 Å². The number of amides is 1. The van der Waals surface area contributed by atoms with Crippen molar-refractivity contribution < 1.29 is 9.53 Å². The number of hydrogen-bond acceptors (Lipinski definition) is 5. The van der Waals surface area contributed by atoms with Crippen molar-refractivity contribution >= 4 is 5.91 Å². The summed E-state index contributed by atoms with van der Waals surface area (Å²) < 4.78 is 7.97. The number of nitrogens with zero attached hydrogens (tertiary/aromatic N) is 5. The van der Waals surface area contributed by atoms with Crippen LogP contribution in [0.15, 0.2) is 18.7 Å². The molecule has 1 saturated carbocycles. The van der Waals surface area contributed by atoms with E-state index in [0.717, 1.165) is 23.9 Å². The minimum absolute atomic E-state index is 0.101. The molecule has 0 saturated heterocycles. The second-order valence-corrected chi connectivity index (χ2v) is 7.09. The SMILES string of the molecule is Cc1cnc(C(=O)N2Cc3ncn(C)c3C(COCC3CC3)C2)cn1. The second-order valence-electron chi connectivity index (χ2n) is 7.09. The van der Waals surface area contributed by atoms with Crippen LogP contribution in [0.2, 0.25) is 0 Å². The Bertz CT molecular complexity index is 766. The molecule has 3 heterocycles. The molecule has 0 spiro atoms.